The van der Waals surface area contributed by atoms with Crippen LogP contribution in [0.5, 0.6) is 0 Å². The number of nitrogens with zero attached hydrogens (tertiary/aromatic N) is 2. The number of H-pyrrole nitrogens is 1. The number of rotatable bonds is 4. The topological polar surface area (TPSA) is 75.2 Å². The molecule has 3 aromatic rings. The van der Waals surface area contributed by atoms with E-state index in [-0.39, 0.29) is 22.6 Å². The molecule has 1 N–H and O–H groups in total. The van der Waals surface area contributed by atoms with Crippen LogP contribution in [0.4, 0.5) is 0 Å². The number of aromatic amines is 1. The largest absolute Gasteiger partial charge is 0.338 e. The van der Waals surface area contributed by atoms with Gasteiger partial charge >= 0.3 is 0 Å². The molecule has 5 rings (SSSR count). The number of hydrogen-bond acceptors (Lipinski definition) is 3. The summed E-state index contributed by atoms with van der Waals surface area (Å²) in [4.78, 5) is 42.7. The molecular weight excluding hydrogens is 414 g/mol. The first-order valence-corrected chi connectivity index (χ1v) is 11.8. The number of likely N-dealkylation sites (tertiary alicyclic amines) is 1. The predicted molar refractivity (Wildman–Crippen MR) is 128 cm³/mol. The van der Waals surface area contributed by atoms with Gasteiger partial charge in [0.1, 0.15) is 5.56 Å². The number of hydrogen-bond donors (Lipinski definition) is 1. The summed E-state index contributed by atoms with van der Waals surface area (Å²) < 4.78 is 1.66. The van der Waals surface area contributed by atoms with Crippen molar-refractivity contribution in [2.45, 2.75) is 45.4 Å². The Morgan fingerprint density at radius 2 is 1.88 bits per heavy atom. The van der Waals surface area contributed by atoms with Gasteiger partial charge in [-0.2, -0.15) is 0 Å². The zero-order valence-corrected chi connectivity index (χ0v) is 19.0. The molecule has 0 bridgehead atoms. The van der Waals surface area contributed by atoms with Gasteiger partial charge in [0.2, 0.25) is 5.56 Å². The summed E-state index contributed by atoms with van der Waals surface area (Å²) in [7, 11) is 0. The van der Waals surface area contributed by atoms with E-state index in [0.29, 0.717) is 19.0 Å². The van der Waals surface area contributed by atoms with Crippen LogP contribution in [-0.2, 0) is 19.3 Å². The lowest BCUT2D eigenvalue weighted by molar-refractivity contribution is 0.0687. The Hall–Kier alpha value is -3.41. The van der Waals surface area contributed by atoms with E-state index in [9.17, 15) is 14.4 Å². The highest BCUT2D eigenvalue weighted by molar-refractivity contribution is 5.95. The molecule has 0 saturated carbocycles. The summed E-state index contributed by atoms with van der Waals surface area (Å²) in [5.74, 6) is 0.294. The highest BCUT2D eigenvalue weighted by Crippen LogP contribution is 2.28. The number of amides is 1. The van der Waals surface area contributed by atoms with Crippen molar-refractivity contribution in [3.05, 3.63) is 97.3 Å². The van der Waals surface area contributed by atoms with Gasteiger partial charge in [-0.15, -0.1) is 0 Å². The average Bonchev–Trinajstić information content (AvgIpc) is 3.30. The normalized spacial score (nSPS) is 16.1. The Bertz CT molecular complexity index is 1290. The van der Waals surface area contributed by atoms with Crippen LogP contribution in [0.1, 0.15) is 51.9 Å². The first-order valence-electron chi connectivity index (χ1n) is 11.8. The smallest absolute Gasteiger partial charge is 0.268 e. The monoisotopic (exact) mass is 443 g/mol. The van der Waals surface area contributed by atoms with Crippen LogP contribution in [0.3, 0.4) is 0 Å². The van der Waals surface area contributed by atoms with E-state index in [0.717, 1.165) is 55.3 Å². The third-order valence-electron chi connectivity index (χ3n) is 7.17. The van der Waals surface area contributed by atoms with Gasteiger partial charge in [0.25, 0.3) is 11.5 Å². The van der Waals surface area contributed by atoms with Crippen LogP contribution in [0.2, 0.25) is 0 Å². The number of carbonyl (C=O) groups is 1. The molecule has 1 aliphatic heterocycles. The minimum atomic E-state index is -0.226. The predicted octanol–water partition coefficient (Wildman–Crippen LogP) is 3.42. The lowest BCUT2D eigenvalue weighted by Gasteiger charge is -2.32. The molecule has 170 valence electrons. The van der Waals surface area contributed by atoms with Crippen molar-refractivity contribution in [3.8, 4) is 5.69 Å². The SMILES string of the molecule is Cc1ccn(-c2cccc3c2CCC3)c(=O)c1C(=O)N1CCC(Cc2ccc(=O)[nH]c2)CC1. The Kier molecular flexibility index (Phi) is 5.75. The second kappa shape index (κ2) is 8.85. The van der Waals surface area contributed by atoms with Crippen molar-refractivity contribution in [2.24, 2.45) is 5.92 Å². The first kappa shape index (κ1) is 21.4. The van der Waals surface area contributed by atoms with E-state index in [4.69, 9.17) is 0 Å². The van der Waals surface area contributed by atoms with Gasteiger partial charge in [-0.25, -0.2) is 0 Å². The van der Waals surface area contributed by atoms with Crippen LogP contribution in [0, 0.1) is 12.8 Å². The molecule has 6 heteroatoms. The van der Waals surface area contributed by atoms with Gasteiger partial charge in [-0.1, -0.05) is 18.2 Å². The van der Waals surface area contributed by atoms with E-state index in [2.05, 4.69) is 11.1 Å². The fourth-order valence-corrected chi connectivity index (χ4v) is 5.30. The minimum absolute atomic E-state index is 0.0940. The molecule has 0 atom stereocenters. The number of fused-ring (bicyclic) bond motifs is 1. The van der Waals surface area contributed by atoms with E-state index in [1.165, 1.54) is 11.1 Å². The average molecular weight is 444 g/mol. The molecule has 1 aliphatic carbocycles. The lowest BCUT2D eigenvalue weighted by atomic mass is 9.90. The third-order valence-corrected chi connectivity index (χ3v) is 7.17. The summed E-state index contributed by atoms with van der Waals surface area (Å²) in [5, 5.41) is 0. The standard InChI is InChI=1S/C27H29N3O3/c1-18-10-15-30(23-7-3-5-21-4-2-6-22(21)23)27(33)25(18)26(32)29-13-11-19(12-14-29)16-20-8-9-24(31)28-17-20/h3,5,7-10,15,17,19H,2,4,6,11-14,16H2,1H3,(H,28,31). The molecule has 3 heterocycles. The fourth-order valence-electron chi connectivity index (χ4n) is 5.30. The maximum atomic E-state index is 13.5. The molecule has 2 aliphatic rings. The second-order valence-corrected chi connectivity index (χ2v) is 9.32. The Morgan fingerprint density at radius 1 is 1.06 bits per heavy atom. The van der Waals surface area contributed by atoms with Crippen LogP contribution in [0.15, 0.2) is 58.4 Å². The molecule has 6 nitrogen and oxygen atoms in total. The molecule has 0 spiro atoms. The summed E-state index contributed by atoms with van der Waals surface area (Å²) in [6.45, 7) is 3.13. The zero-order chi connectivity index (χ0) is 22.9. The number of pyridine rings is 2. The number of aryl methyl sites for hydroxylation is 2. The second-order valence-electron chi connectivity index (χ2n) is 9.32. The molecule has 0 radical (unpaired) electrons. The molecule has 33 heavy (non-hydrogen) atoms. The molecule has 1 saturated heterocycles. The summed E-state index contributed by atoms with van der Waals surface area (Å²) >= 11 is 0. The number of carbonyl (C=O) groups excluding carboxylic acids is 1. The van der Waals surface area contributed by atoms with E-state index in [1.54, 1.807) is 23.0 Å². The zero-order valence-electron chi connectivity index (χ0n) is 19.0. The van der Waals surface area contributed by atoms with Crippen LogP contribution in [-0.4, -0.2) is 33.4 Å². The molecule has 2 aromatic heterocycles. The number of nitrogens with one attached hydrogen (secondary N) is 1. The maximum Gasteiger partial charge on any atom is 0.268 e. The van der Waals surface area contributed by atoms with Gasteiger partial charge < -0.3 is 9.88 Å². The van der Waals surface area contributed by atoms with Gasteiger partial charge in [-0.3, -0.25) is 19.0 Å². The number of piperidine rings is 1. The Labute approximate surface area is 192 Å². The summed E-state index contributed by atoms with van der Waals surface area (Å²) in [5.41, 5.74) is 5.23. The lowest BCUT2D eigenvalue weighted by Crippen LogP contribution is -2.42. The minimum Gasteiger partial charge on any atom is -0.338 e. The van der Waals surface area contributed by atoms with Crippen molar-refractivity contribution < 1.29 is 4.79 Å². The molecular formula is C27H29N3O3. The van der Waals surface area contributed by atoms with Gasteiger partial charge in [-0.05, 0) is 85.8 Å². The quantitative estimate of drug-likeness (QED) is 0.671. The van der Waals surface area contributed by atoms with E-state index < -0.39 is 0 Å². The summed E-state index contributed by atoms with van der Waals surface area (Å²) in [6, 6.07) is 11.4. The van der Waals surface area contributed by atoms with Crippen molar-refractivity contribution in [3.63, 3.8) is 0 Å². The Morgan fingerprint density at radius 3 is 2.64 bits per heavy atom. The van der Waals surface area contributed by atoms with Crippen LogP contribution in [0.25, 0.3) is 5.69 Å². The first-order chi connectivity index (χ1) is 16.0. The molecule has 0 unspecified atom stereocenters. The fraction of sp³-hybridized carbons (Fsp3) is 0.370. The van der Waals surface area contributed by atoms with E-state index >= 15 is 0 Å². The van der Waals surface area contributed by atoms with Crippen molar-refractivity contribution in [1.82, 2.24) is 14.5 Å². The van der Waals surface area contributed by atoms with Crippen molar-refractivity contribution in [1.29, 1.82) is 0 Å². The van der Waals surface area contributed by atoms with Crippen LogP contribution < -0.4 is 11.1 Å². The molecule has 1 fully saturated rings. The van der Waals surface area contributed by atoms with Crippen LogP contribution >= 0.6 is 0 Å². The van der Waals surface area contributed by atoms with Gasteiger partial charge in [0.05, 0.1) is 5.69 Å². The molecule has 1 aromatic carbocycles. The van der Waals surface area contributed by atoms with Crippen molar-refractivity contribution in [2.75, 3.05) is 13.1 Å². The third kappa shape index (κ3) is 4.17. The molecule has 1 amide bonds. The van der Waals surface area contributed by atoms with Gasteiger partial charge in [0.15, 0.2) is 0 Å². The van der Waals surface area contributed by atoms with Gasteiger partial charge in [0, 0.05) is 31.5 Å². The maximum absolute atomic E-state index is 13.5. The highest BCUT2D eigenvalue weighted by atomic mass is 16.2. The number of benzene rings is 1. The van der Waals surface area contributed by atoms with E-state index in [1.807, 2.05) is 36.1 Å². The summed E-state index contributed by atoms with van der Waals surface area (Å²) in [6.07, 6.45) is 9.35. The highest BCUT2D eigenvalue weighted by Gasteiger charge is 2.27. The Balaban J connectivity index is 1.35. The van der Waals surface area contributed by atoms with Crippen molar-refractivity contribution >= 4 is 5.91 Å². The number of aromatic nitrogens is 2.